The number of likely N-dealkylation sites (tertiary alicyclic amines) is 1. The molecule has 248 valence electrons. The molecule has 0 bridgehead atoms. The summed E-state index contributed by atoms with van der Waals surface area (Å²) >= 11 is 0. The van der Waals surface area contributed by atoms with Crippen LogP contribution < -0.4 is 14.5 Å². The third-order valence-electron chi connectivity index (χ3n) is 10.1. The third-order valence-corrected chi connectivity index (χ3v) is 10.1. The zero-order chi connectivity index (χ0) is 32.2. The van der Waals surface area contributed by atoms with Gasteiger partial charge in [0.15, 0.2) is 5.75 Å². The van der Waals surface area contributed by atoms with Gasteiger partial charge >= 0.3 is 0 Å². The molecule has 3 aromatic carbocycles. The van der Waals surface area contributed by atoms with Gasteiger partial charge in [-0.05, 0) is 69.1 Å². The fourth-order valence-electron chi connectivity index (χ4n) is 7.48. The van der Waals surface area contributed by atoms with Crippen molar-refractivity contribution in [3.8, 4) is 11.5 Å². The highest BCUT2D eigenvalue weighted by Gasteiger charge is 2.42. The van der Waals surface area contributed by atoms with E-state index in [1.54, 1.807) is 13.2 Å². The molecule has 0 radical (unpaired) electrons. The van der Waals surface area contributed by atoms with Crippen molar-refractivity contribution in [1.29, 1.82) is 0 Å². The average Bonchev–Trinajstić information content (AvgIpc) is 3.82. The van der Waals surface area contributed by atoms with Crippen molar-refractivity contribution in [2.45, 2.75) is 44.8 Å². The van der Waals surface area contributed by atoms with Crippen LogP contribution in [0.3, 0.4) is 0 Å². The van der Waals surface area contributed by atoms with Crippen LogP contribution in [0.2, 0.25) is 0 Å². The number of nitrogens with zero attached hydrogens (tertiary/aromatic N) is 5. The lowest BCUT2D eigenvalue weighted by molar-refractivity contribution is -0.195. The van der Waals surface area contributed by atoms with Gasteiger partial charge in [-0.25, -0.2) is 4.98 Å². The number of carbonyl (C=O) groups excluding carboxylic acids is 1. The molecule has 3 aliphatic heterocycles. The summed E-state index contributed by atoms with van der Waals surface area (Å²) in [7, 11) is 1.59. The number of amides is 1. The highest BCUT2D eigenvalue weighted by atomic mass is 17.2. The predicted molar refractivity (Wildman–Crippen MR) is 181 cm³/mol. The van der Waals surface area contributed by atoms with E-state index in [-0.39, 0.29) is 11.3 Å². The summed E-state index contributed by atoms with van der Waals surface area (Å²) in [6.07, 6.45) is 2.99. The molecule has 2 fully saturated rings. The maximum atomic E-state index is 13.9. The van der Waals surface area contributed by atoms with Crippen LogP contribution in [0.1, 0.15) is 47.7 Å². The van der Waals surface area contributed by atoms with Gasteiger partial charge in [-0.1, -0.05) is 42.5 Å². The molecule has 1 atom stereocenters. The van der Waals surface area contributed by atoms with E-state index in [2.05, 4.69) is 69.0 Å². The van der Waals surface area contributed by atoms with Gasteiger partial charge in [0, 0.05) is 62.4 Å². The second-order valence-corrected chi connectivity index (χ2v) is 12.8. The van der Waals surface area contributed by atoms with Crippen molar-refractivity contribution in [2.75, 3.05) is 71.0 Å². The predicted octanol–water partition coefficient (Wildman–Crippen LogP) is 5.29. The molecule has 1 unspecified atom stereocenters. The number of aromatic nitrogens is 2. The van der Waals surface area contributed by atoms with E-state index in [1.165, 1.54) is 5.56 Å². The smallest absolute Gasteiger partial charge is 0.254 e. The highest BCUT2D eigenvalue weighted by Crippen LogP contribution is 2.41. The number of imidazole rings is 1. The Balaban J connectivity index is 1.05. The van der Waals surface area contributed by atoms with Crippen LogP contribution in [0.25, 0.3) is 11.0 Å². The van der Waals surface area contributed by atoms with Crippen molar-refractivity contribution in [3.05, 3.63) is 83.4 Å². The minimum absolute atomic E-state index is 0.0217. The Morgan fingerprint density at radius 2 is 1.83 bits per heavy atom. The molecular formula is C37H45N5O5. The molecule has 0 saturated carbocycles. The van der Waals surface area contributed by atoms with Crippen molar-refractivity contribution < 1.29 is 24.0 Å². The Kier molecular flexibility index (Phi) is 9.33. The third kappa shape index (κ3) is 6.42. The summed E-state index contributed by atoms with van der Waals surface area (Å²) in [5.74, 6) is 2.15. The summed E-state index contributed by atoms with van der Waals surface area (Å²) < 4.78 is 13.6. The number of benzene rings is 3. The van der Waals surface area contributed by atoms with Gasteiger partial charge in [-0.15, -0.1) is 0 Å². The van der Waals surface area contributed by atoms with Gasteiger partial charge in [0.1, 0.15) is 6.61 Å². The molecule has 1 amide bonds. The largest absolute Gasteiger partial charge is 0.493 e. The molecule has 7 rings (SSSR count). The van der Waals surface area contributed by atoms with Gasteiger partial charge in [-0.3, -0.25) is 4.79 Å². The van der Waals surface area contributed by atoms with Crippen molar-refractivity contribution in [3.63, 3.8) is 0 Å². The van der Waals surface area contributed by atoms with E-state index in [4.69, 9.17) is 24.2 Å². The second-order valence-electron chi connectivity index (χ2n) is 12.8. The van der Waals surface area contributed by atoms with Crippen LogP contribution >= 0.6 is 0 Å². The quantitative estimate of drug-likeness (QED) is 0.162. The van der Waals surface area contributed by atoms with E-state index >= 15 is 0 Å². The van der Waals surface area contributed by atoms with E-state index in [9.17, 15) is 4.79 Å². The van der Waals surface area contributed by atoms with Crippen LogP contribution in [0, 0.1) is 0 Å². The first-order valence-corrected chi connectivity index (χ1v) is 16.9. The number of methoxy groups -OCH3 is 1. The molecule has 10 heteroatoms. The molecule has 10 nitrogen and oxygen atoms in total. The summed E-state index contributed by atoms with van der Waals surface area (Å²) in [6, 6.07) is 22.8. The average molecular weight is 640 g/mol. The number of para-hydroxylation sites is 2. The van der Waals surface area contributed by atoms with Crippen LogP contribution in [-0.2, 0) is 28.2 Å². The summed E-state index contributed by atoms with van der Waals surface area (Å²) in [5.41, 5.74) is 4.84. The van der Waals surface area contributed by atoms with Gasteiger partial charge < -0.3 is 33.6 Å². The first-order valence-electron chi connectivity index (χ1n) is 16.9. The Morgan fingerprint density at radius 1 is 0.979 bits per heavy atom. The fourth-order valence-corrected chi connectivity index (χ4v) is 7.48. The lowest BCUT2D eigenvalue weighted by Gasteiger charge is -2.33. The molecule has 0 aliphatic carbocycles. The summed E-state index contributed by atoms with van der Waals surface area (Å²) in [6.45, 7) is 10.8. The molecule has 2 saturated heterocycles. The Morgan fingerprint density at radius 3 is 2.68 bits per heavy atom. The molecule has 47 heavy (non-hydrogen) atoms. The Hall–Kier alpha value is -4.12. The van der Waals surface area contributed by atoms with E-state index in [1.807, 2.05) is 17.9 Å². The minimum atomic E-state index is -0.108. The van der Waals surface area contributed by atoms with Crippen LogP contribution in [0.5, 0.6) is 11.5 Å². The normalized spacial score (nSPS) is 20.0. The highest BCUT2D eigenvalue weighted by molar-refractivity contribution is 5.95. The second kappa shape index (κ2) is 13.9. The van der Waals surface area contributed by atoms with E-state index in [0.29, 0.717) is 50.0 Å². The lowest BCUT2D eigenvalue weighted by Crippen LogP contribution is -2.39. The van der Waals surface area contributed by atoms with Gasteiger partial charge in [-0.2, -0.15) is 4.89 Å². The maximum Gasteiger partial charge on any atom is 0.254 e. The number of hydrogen-bond acceptors (Lipinski definition) is 8. The molecule has 1 aromatic heterocycles. The zero-order valence-corrected chi connectivity index (χ0v) is 27.5. The molecule has 0 spiro atoms. The van der Waals surface area contributed by atoms with Crippen molar-refractivity contribution >= 4 is 22.9 Å². The Labute approximate surface area is 276 Å². The van der Waals surface area contributed by atoms with Gasteiger partial charge in [0.2, 0.25) is 11.7 Å². The zero-order valence-electron chi connectivity index (χ0n) is 27.5. The van der Waals surface area contributed by atoms with Gasteiger partial charge in [0.05, 0.1) is 24.8 Å². The summed E-state index contributed by atoms with van der Waals surface area (Å²) in [4.78, 5) is 36.5. The number of hydrogen-bond donors (Lipinski definition) is 0. The van der Waals surface area contributed by atoms with Crippen LogP contribution in [-0.4, -0.2) is 91.4 Å². The number of rotatable bonds is 11. The number of ether oxygens (including phenoxy) is 2. The number of fused-ring (bicyclic) bond motifs is 2. The number of anilines is 1. The molecule has 0 N–H and O–H groups in total. The first-order chi connectivity index (χ1) is 23.1. The standard InChI is InChI=1S/C37H45N5O5/c1-3-45-23-22-42-32-13-8-7-12-31(32)38-36(42)40-17-9-16-39(20-21-40)18-14-37(30-10-5-4-6-11-30)15-19-41(27-37)35(43)28-24-29-26-46-47-34(29)33(25-28)44-2/h4-8,10-13,24-25H,3,9,14-23,26-27H2,1-2H3. The van der Waals surface area contributed by atoms with Crippen LogP contribution in [0.4, 0.5) is 5.95 Å². The molecule has 4 aromatic rings. The Bertz CT molecular complexity index is 1690. The minimum Gasteiger partial charge on any atom is -0.493 e. The van der Waals surface area contributed by atoms with Crippen LogP contribution in [0.15, 0.2) is 66.7 Å². The van der Waals surface area contributed by atoms with E-state index in [0.717, 1.165) is 81.1 Å². The molecular weight excluding hydrogens is 594 g/mol. The lowest BCUT2D eigenvalue weighted by atomic mass is 9.76. The first kappa shape index (κ1) is 31.5. The van der Waals surface area contributed by atoms with Crippen molar-refractivity contribution in [1.82, 2.24) is 19.4 Å². The monoisotopic (exact) mass is 639 g/mol. The SMILES string of the molecule is CCOCCn1c(N2CCCN(CCC3(c4ccccc4)CCN(C(=O)c4cc5c(c(OC)c4)OOC5)C3)CC2)nc2ccccc21. The maximum absolute atomic E-state index is 13.9. The summed E-state index contributed by atoms with van der Waals surface area (Å²) in [5, 5.41) is 0. The number of carbonyl (C=O) groups is 1. The van der Waals surface area contributed by atoms with E-state index < -0.39 is 0 Å². The molecule has 4 heterocycles. The van der Waals surface area contributed by atoms with Crippen molar-refractivity contribution in [2.24, 2.45) is 0 Å². The van der Waals surface area contributed by atoms with Gasteiger partial charge in [0.25, 0.3) is 5.91 Å². The topological polar surface area (TPSA) is 81.5 Å². The molecule has 3 aliphatic rings. The fraction of sp³-hybridized carbons (Fsp3) is 0.459.